The highest BCUT2D eigenvalue weighted by molar-refractivity contribution is 5.93. The Morgan fingerprint density at radius 3 is 2.56 bits per heavy atom. The SMILES string of the molecule is CCCNc1cc(C(=O)N2CCN(c3ncccn3)CC2)nc(C)n1. The lowest BCUT2D eigenvalue weighted by atomic mass is 10.2. The van der Waals surface area contributed by atoms with Gasteiger partial charge in [-0.2, -0.15) is 0 Å². The molecule has 0 aromatic carbocycles. The molecule has 0 aliphatic carbocycles. The summed E-state index contributed by atoms with van der Waals surface area (Å²) in [7, 11) is 0. The number of carbonyl (C=O) groups is 1. The van der Waals surface area contributed by atoms with Crippen molar-refractivity contribution in [2.75, 3.05) is 42.9 Å². The van der Waals surface area contributed by atoms with Crippen LogP contribution in [0.1, 0.15) is 29.7 Å². The van der Waals surface area contributed by atoms with Crippen molar-refractivity contribution >= 4 is 17.7 Å². The summed E-state index contributed by atoms with van der Waals surface area (Å²) < 4.78 is 0. The van der Waals surface area contributed by atoms with E-state index < -0.39 is 0 Å². The van der Waals surface area contributed by atoms with E-state index in [9.17, 15) is 4.79 Å². The Hall–Kier alpha value is -2.77. The molecule has 8 nitrogen and oxygen atoms in total. The molecule has 0 atom stereocenters. The molecule has 1 amide bonds. The largest absolute Gasteiger partial charge is 0.370 e. The summed E-state index contributed by atoms with van der Waals surface area (Å²) in [6.45, 7) is 7.37. The van der Waals surface area contributed by atoms with E-state index in [2.05, 4.69) is 37.1 Å². The van der Waals surface area contributed by atoms with Gasteiger partial charge in [-0.05, 0) is 19.4 Å². The summed E-state index contributed by atoms with van der Waals surface area (Å²) in [6.07, 6.45) is 4.46. The Kier molecular flexibility index (Phi) is 5.37. The number of hydrogen-bond donors (Lipinski definition) is 1. The molecular weight excluding hydrogens is 318 g/mol. The van der Waals surface area contributed by atoms with E-state index >= 15 is 0 Å². The zero-order chi connectivity index (χ0) is 17.6. The number of amides is 1. The topological polar surface area (TPSA) is 87.1 Å². The highest BCUT2D eigenvalue weighted by Crippen LogP contribution is 2.14. The summed E-state index contributed by atoms with van der Waals surface area (Å²) in [5.41, 5.74) is 0.440. The number of nitrogens with one attached hydrogen (secondary N) is 1. The zero-order valence-electron chi connectivity index (χ0n) is 14.6. The normalized spacial score (nSPS) is 14.5. The summed E-state index contributed by atoms with van der Waals surface area (Å²) in [5.74, 6) is 1.95. The molecule has 0 radical (unpaired) electrons. The summed E-state index contributed by atoms with van der Waals surface area (Å²) in [6, 6.07) is 3.53. The number of rotatable bonds is 5. The first-order valence-electron chi connectivity index (χ1n) is 8.58. The Labute approximate surface area is 147 Å². The molecule has 8 heteroatoms. The van der Waals surface area contributed by atoms with Crippen molar-refractivity contribution < 1.29 is 4.79 Å². The predicted octanol–water partition coefficient (Wildman–Crippen LogP) is 1.36. The minimum atomic E-state index is -0.0568. The third-order valence-corrected chi connectivity index (χ3v) is 4.02. The van der Waals surface area contributed by atoms with Crippen LogP contribution in [0.5, 0.6) is 0 Å². The quantitative estimate of drug-likeness (QED) is 0.878. The standard InChI is InChI=1S/C17H23N7O/c1-3-5-18-15-12-14(21-13(2)22-15)16(25)23-8-10-24(11-9-23)17-19-6-4-7-20-17/h4,6-7,12H,3,5,8-11H2,1-2H3,(H,18,21,22). The fourth-order valence-corrected chi connectivity index (χ4v) is 2.75. The second-order valence-corrected chi connectivity index (χ2v) is 5.94. The Morgan fingerprint density at radius 2 is 1.88 bits per heavy atom. The molecular formula is C17H23N7O. The van der Waals surface area contributed by atoms with Crippen LogP contribution in [0.15, 0.2) is 24.5 Å². The molecule has 1 aliphatic rings. The lowest BCUT2D eigenvalue weighted by molar-refractivity contribution is 0.0740. The van der Waals surface area contributed by atoms with Gasteiger partial charge in [-0.3, -0.25) is 4.79 Å². The lowest BCUT2D eigenvalue weighted by Crippen LogP contribution is -2.49. The zero-order valence-corrected chi connectivity index (χ0v) is 14.6. The maximum Gasteiger partial charge on any atom is 0.272 e. The van der Waals surface area contributed by atoms with Gasteiger partial charge in [-0.25, -0.2) is 19.9 Å². The molecule has 0 bridgehead atoms. The van der Waals surface area contributed by atoms with Crippen LogP contribution in [-0.4, -0.2) is 63.5 Å². The fraction of sp³-hybridized carbons (Fsp3) is 0.471. The third kappa shape index (κ3) is 4.20. The van der Waals surface area contributed by atoms with Crippen LogP contribution in [0.4, 0.5) is 11.8 Å². The number of nitrogens with zero attached hydrogens (tertiary/aromatic N) is 6. The molecule has 2 aromatic heterocycles. The Morgan fingerprint density at radius 1 is 1.16 bits per heavy atom. The van der Waals surface area contributed by atoms with Gasteiger partial charge in [0.05, 0.1) is 0 Å². The molecule has 1 aliphatic heterocycles. The molecule has 1 N–H and O–H groups in total. The van der Waals surface area contributed by atoms with Crippen molar-refractivity contribution in [2.45, 2.75) is 20.3 Å². The third-order valence-electron chi connectivity index (χ3n) is 4.02. The highest BCUT2D eigenvalue weighted by atomic mass is 16.2. The van der Waals surface area contributed by atoms with E-state index in [0.29, 0.717) is 49.5 Å². The smallest absolute Gasteiger partial charge is 0.272 e. The van der Waals surface area contributed by atoms with Crippen molar-refractivity contribution in [1.29, 1.82) is 0 Å². The number of piperazine rings is 1. The van der Waals surface area contributed by atoms with Crippen molar-refractivity contribution in [1.82, 2.24) is 24.8 Å². The van der Waals surface area contributed by atoms with E-state index in [-0.39, 0.29) is 5.91 Å². The molecule has 25 heavy (non-hydrogen) atoms. The molecule has 0 spiro atoms. The van der Waals surface area contributed by atoms with Crippen LogP contribution in [-0.2, 0) is 0 Å². The van der Waals surface area contributed by atoms with Gasteiger partial charge in [-0.15, -0.1) is 0 Å². The lowest BCUT2D eigenvalue weighted by Gasteiger charge is -2.34. The van der Waals surface area contributed by atoms with Crippen LogP contribution >= 0.6 is 0 Å². The van der Waals surface area contributed by atoms with E-state index in [0.717, 1.165) is 13.0 Å². The van der Waals surface area contributed by atoms with Crippen LogP contribution in [0.2, 0.25) is 0 Å². The van der Waals surface area contributed by atoms with Crippen LogP contribution in [0, 0.1) is 6.92 Å². The first-order valence-corrected chi connectivity index (χ1v) is 8.58. The number of hydrogen-bond acceptors (Lipinski definition) is 7. The van der Waals surface area contributed by atoms with Gasteiger partial charge >= 0.3 is 0 Å². The Bertz CT molecular complexity index is 714. The van der Waals surface area contributed by atoms with Crippen molar-refractivity contribution in [3.63, 3.8) is 0 Å². The van der Waals surface area contributed by atoms with E-state index in [4.69, 9.17) is 0 Å². The van der Waals surface area contributed by atoms with Gasteiger partial charge in [0.25, 0.3) is 5.91 Å². The molecule has 3 heterocycles. The monoisotopic (exact) mass is 341 g/mol. The second kappa shape index (κ2) is 7.87. The summed E-state index contributed by atoms with van der Waals surface area (Å²) in [4.78, 5) is 33.9. The fourth-order valence-electron chi connectivity index (χ4n) is 2.75. The average molecular weight is 341 g/mol. The molecule has 1 saturated heterocycles. The van der Waals surface area contributed by atoms with Gasteiger partial charge in [0.1, 0.15) is 17.3 Å². The summed E-state index contributed by atoms with van der Waals surface area (Å²) in [5, 5.41) is 3.22. The minimum Gasteiger partial charge on any atom is -0.370 e. The molecule has 0 saturated carbocycles. The highest BCUT2D eigenvalue weighted by Gasteiger charge is 2.24. The average Bonchev–Trinajstić information content (AvgIpc) is 2.66. The van der Waals surface area contributed by atoms with Crippen LogP contribution in [0.25, 0.3) is 0 Å². The van der Waals surface area contributed by atoms with Gasteiger partial charge in [0.15, 0.2) is 0 Å². The van der Waals surface area contributed by atoms with Gasteiger partial charge in [0.2, 0.25) is 5.95 Å². The van der Waals surface area contributed by atoms with Gasteiger partial charge in [-0.1, -0.05) is 6.92 Å². The molecule has 0 unspecified atom stereocenters. The molecule has 132 valence electrons. The van der Waals surface area contributed by atoms with Gasteiger partial charge in [0, 0.05) is 51.2 Å². The van der Waals surface area contributed by atoms with Crippen LogP contribution in [0.3, 0.4) is 0 Å². The van der Waals surface area contributed by atoms with Crippen molar-refractivity contribution in [3.05, 3.63) is 36.0 Å². The number of aryl methyl sites for hydroxylation is 1. The van der Waals surface area contributed by atoms with E-state index in [1.54, 1.807) is 31.5 Å². The maximum absolute atomic E-state index is 12.8. The van der Waals surface area contributed by atoms with Crippen LogP contribution < -0.4 is 10.2 Å². The predicted molar refractivity (Wildman–Crippen MR) is 95.7 cm³/mol. The van der Waals surface area contributed by atoms with Crippen molar-refractivity contribution in [2.24, 2.45) is 0 Å². The maximum atomic E-state index is 12.8. The molecule has 1 fully saturated rings. The first kappa shape index (κ1) is 17.1. The minimum absolute atomic E-state index is 0.0568. The number of aromatic nitrogens is 4. The first-order chi connectivity index (χ1) is 12.2. The second-order valence-electron chi connectivity index (χ2n) is 5.94. The van der Waals surface area contributed by atoms with Gasteiger partial charge < -0.3 is 15.1 Å². The molecule has 3 rings (SSSR count). The summed E-state index contributed by atoms with van der Waals surface area (Å²) >= 11 is 0. The van der Waals surface area contributed by atoms with E-state index in [1.807, 2.05) is 4.90 Å². The Balaban J connectivity index is 1.65. The van der Waals surface area contributed by atoms with Crippen molar-refractivity contribution in [3.8, 4) is 0 Å². The molecule has 2 aromatic rings. The number of anilines is 2. The number of carbonyl (C=O) groups excluding carboxylic acids is 1. The van der Waals surface area contributed by atoms with E-state index in [1.165, 1.54) is 0 Å².